The monoisotopic (exact) mass is 212 g/mol. The molecule has 1 aromatic heterocycles. The third-order valence-corrected chi connectivity index (χ3v) is 2.70. The minimum absolute atomic E-state index is 0.0939. The van der Waals surface area contributed by atoms with Gasteiger partial charge in [-0.2, -0.15) is 0 Å². The van der Waals surface area contributed by atoms with Crippen molar-refractivity contribution in [3.63, 3.8) is 0 Å². The molecule has 0 spiro atoms. The highest BCUT2D eigenvalue weighted by Crippen LogP contribution is 2.29. The zero-order chi connectivity index (χ0) is 10.8. The first-order chi connectivity index (χ1) is 7.93. The molecule has 1 aliphatic heterocycles. The Kier molecular flexibility index (Phi) is 2.31. The molecule has 3 rings (SSSR count). The Balaban J connectivity index is 1.89. The van der Waals surface area contributed by atoms with Gasteiger partial charge in [0.2, 0.25) is 0 Å². The molecule has 80 valence electrons. The molecule has 1 aliphatic rings. The zero-order valence-electron chi connectivity index (χ0n) is 8.76. The molecule has 0 radical (unpaired) electrons. The first-order valence-electron chi connectivity index (χ1n) is 5.29. The third-order valence-electron chi connectivity index (χ3n) is 2.70. The van der Waals surface area contributed by atoms with Crippen molar-refractivity contribution in [2.24, 2.45) is 0 Å². The lowest BCUT2D eigenvalue weighted by molar-refractivity contribution is 0.0505. The molecule has 0 saturated heterocycles. The topological polar surface area (TPSA) is 34.2 Å². The molecule has 1 N–H and O–H groups in total. The molecule has 0 aliphatic carbocycles. The molecule has 0 unspecified atom stereocenters. The van der Waals surface area contributed by atoms with Crippen molar-refractivity contribution in [2.45, 2.75) is 12.8 Å². The number of hydrogen-bond acceptors (Lipinski definition) is 3. The van der Waals surface area contributed by atoms with Gasteiger partial charge in [-0.3, -0.25) is 4.98 Å². The van der Waals surface area contributed by atoms with Crippen LogP contribution in [0.5, 0.6) is 0 Å². The second-order valence-corrected chi connectivity index (χ2v) is 3.78. The second kappa shape index (κ2) is 3.94. The van der Waals surface area contributed by atoms with Crippen molar-refractivity contribution in [2.75, 3.05) is 5.32 Å². The van der Waals surface area contributed by atoms with Crippen LogP contribution >= 0.6 is 0 Å². The fraction of sp³-hybridized carbons (Fsp3) is 0.154. The van der Waals surface area contributed by atoms with E-state index in [0.717, 1.165) is 11.3 Å². The highest BCUT2D eigenvalue weighted by Gasteiger charge is 2.18. The fourth-order valence-electron chi connectivity index (χ4n) is 1.85. The molecule has 2 aromatic rings. The Hall–Kier alpha value is -1.87. The Morgan fingerprint density at radius 3 is 3.00 bits per heavy atom. The van der Waals surface area contributed by atoms with Crippen LogP contribution in [-0.4, -0.2) is 4.98 Å². The predicted molar refractivity (Wildman–Crippen MR) is 61.8 cm³/mol. The lowest BCUT2D eigenvalue weighted by Gasteiger charge is -2.27. The quantitative estimate of drug-likeness (QED) is 0.789. The molecule has 3 nitrogen and oxygen atoms in total. The van der Waals surface area contributed by atoms with Crippen LogP contribution in [0.3, 0.4) is 0 Å². The number of hydrogen-bond donors (Lipinski definition) is 1. The average Bonchev–Trinajstić information content (AvgIpc) is 2.39. The van der Waals surface area contributed by atoms with E-state index in [1.165, 1.54) is 5.56 Å². The fourth-order valence-corrected chi connectivity index (χ4v) is 1.85. The van der Waals surface area contributed by atoms with E-state index in [9.17, 15) is 0 Å². The minimum Gasteiger partial charge on any atom is -0.356 e. The summed E-state index contributed by atoms with van der Waals surface area (Å²) in [6, 6.07) is 12.1. The molecule has 0 fully saturated rings. The summed E-state index contributed by atoms with van der Waals surface area (Å²) in [6.07, 6.45) is 3.50. The van der Waals surface area contributed by atoms with Crippen molar-refractivity contribution in [1.29, 1.82) is 0 Å². The van der Waals surface area contributed by atoms with E-state index in [1.54, 1.807) is 6.20 Å². The van der Waals surface area contributed by atoms with Crippen LogP contribution in [0.15, 0.2) is 48.8 Å². The second-order valence-electron chi connectivity index (χ2n) is 3.78. The maximum Gasteiger partial charge on any atom is 0.155 e. The van der Waals surface area contributed by atoms with Gasteiger partial charge in [0.15, 0.2) is 6.23 Å². The maximum atomic E-state index is 5.74. The third kappa shape index (κ3) is 1.66. The zero-order valence-corrected chi connectivity index (χ0v) is 8.76. The molecular weight excluding hydrogens is 200 g/mol. The summed E-state index contributed by atoms with van der Waals surface area (Å²) in [5.41, 5.74) is 3.39. The van der Waals surface area contributed by atoms with E-state index < -0.39 is 0 Å². The Morgan fingerprint density at radius 1 is 1.19 bits per heavy atom. The maximum absolute atomic E-state index is 5.74. The first kappa shape index (κ1) is 9.36. The predicted octanol–water partition coefficient (Wildman–Crippen LogP) is 2.72. The number of fused-ring (bicyclic) bond motifs is 1. The van der Waals surface area contributed by atoms with E-state index in [0.29, 0.717) is 6.61 Å². The highest BCUT2D eigenvalue weighted by atomic mass is 16.5. The Morgan fingerprint density at radius 2 is 2.12 bits per heavy atom. The lowest BCUT2D eigenvalue weighted by atomic mass is 10.1. The van der Waals surface area contributed by atoms with Crippen molar-refractivity contribution < 1.29 is 4.74 Å². The van der Waals surface area contributed by atoms with Crippen molar-refractivity contribution in [3.05, 3.63) is 59.9 Å². The summed E-state index contributed by atoms with van der Waals surface area (Å²) in [5, 5.41) is 3.35. The smallest absolute Gasteiger partial charge is 0.155 e. The molecule has 1 atom stereocenters. The number of benzene rings is 1. The molecule has 1 aromatic carbocycles. The lowest BCUT2D eigenvalue weighted by Crippen LogP contribution is -2.20. The van der Waals surface area contributed by atoms with Gasteiger partial charge in [0, 0.05) is 29.2 Å². The molecule has 0 amide bonds. The van der Waals surface area contributed by atoms with Gasteiger partial charge in [-0.1, -0.05) is 24.3 Å². The summed E-state index contributed by atoms with van der Waals surface area (Å²) in [7, 11) is 0. The van der Waals surface area contributed by atoms with Crippen LogP contribution in [-0.2, 0) is 11.3 Å². The van der Waals surface area contributed by atoms with Crippen molar-refractivity contribution >= 4 is 5.69 Å². The number of ether oxygens (including phenoxy) is 1. The van der Waals surface area contributed by atoms with Crippen LogP contribution in [0.1, 0.15) is 17.4 Å². The molecule has 0 saturated carbocycles. The van der Waals surface area contributed by atoms with Crippen LogP contribution in [0, 0.1) is 0 Å². The van der Waals surface area contributed by atoms with Crippen LogP contribution < -0.4 is 5.32 Å². The Labute approximate surface area is 94.1 Å². The van der Waals surface area contributed by atoms with E-state index in [4.69, 9.17) is 4.74 Å². The van der Waals surface area contributed by atoms with Gasteiger partial charge in [0.25, 0.3) is 0 Å². The summed E-state index contributed by atoms with van der Waals surface area (Å²) >= 11 is 0. The van der Waals surface area contributed by atoms with Gasteiger partial charge in [-0.25, -0.2) is 0 Å². The number of aromatic nitrogens is 1. The van der Waals surface area contributed by atoms with E-state index >= 15 is 0 Å². The number of para-hydroxylation sites is 1. The Bertz CT molecular complexity index is 484. The summed E-state index contributed by atoms with van der Waals surface area (Å²) < 4.78 is 5.74. The largest absolute Gasteiger partial charge is 0.356 e. The van der Waals surface area contributed by atoms with Gasteiger partial charge in [-0.05, 0) is 12.1 Å². The van der Waals surface area contributed by atoms with Crippen LogP contribution in [0.25, 0.3) is 0 Å². The standard InChI is InChI=1S/C13H12N2O/c1-2-6-12-11(4-1)9-16-13(15-12)10-5-3-7-14-8-10/h1-8,13,15H,9H2/t13-/m0/s1. The van der Waals surface area contributed by atoms with Gasteiger partial charge >= 0.3 is 0 Å². The number of anilines is 1. The summed E-state index contributed by atoms with van der Waals surface area (Å²) in [4.78, 5) is 4.10. The average molecular weight is 212 g/mol. The van der Waals surface area contributed by atoms with Gasteiger partial charge in [0.05, 0.1) is 6.61 Å². The minimum atomic E-state index is -0.0939. The van der Waals surface area contributed by atoms with E-state index in [2.05, 4.69) is 22.4 Å². The van der Waals surface area contributed by atoms with Crippen LogP contribution in [0.4, 0.5) is 5.69 Å². The van der Waals surface area contributed by atoms with Crippen molar-refractivity contribution in [3.8, 4) is 0 Å². The molecule has 16 heavy (non-hydrogen) atoms. The molecule has 3 heteroatoms. The van der Waals surface area contributed by atoms with E-state index in [-0.39, 0.29) is 6.23 Å². The van der Waals surface area contributed by atoms with Crippen molar-refractivity contribution in [1.82, 2.24) is 4.98 Å². The molecular formula is C13H12N2O. The normalized spacial score (nSPS) is 18.6. The summed E-state index contributed by atoms with van der Waals surface area (Å²) in [5.74, 6) is 0. The highest BCUT2D eigenvalue weighted by molar-refractivity contribution is 5.53. The number of nitrogens with one attached hydrogen (secondary N) is 1. The SMILES string of the molecule is c1cncc([C@H]2Nc3ccccc3CO2)c1. The first-order valence-corrected chi connectivity index (χ1v) is 5.29. The molecule has 0 bridgehead atoms. The molecule has 2 heterocycles. The number of rotatable bonds is 1. The van der Waals surface area contributed by atoms with Gasteiger partial charge < -0.3 is 10.1 Å². The summed E-state index contributed by atoms with van der Waals surface area (Å²) in [6.45, 7) is 0.642. The number of nitrogens with zero attached hydrogens (tertiary/aromatic N) is 1. The van der Waals surface area contributed by atoms with E-state index in [1.807, 2.05) is 30.5 Å². The van der Waals surface area contributed by atoms with Gasteiger partial charge in [-0.15, -0.1) is 0 Å². The van der Waals surface area contributed by atoms with Gasteiger partial charge in [0.1, 0.15) is 0 Å². The number of pyridine rings is 1. The van der Waals surface area contributed by atoms with Crippen LogP contribution in [0.2, 0.25) is 0 Å².